The van der Waals surface area contributed by atoms with Gasteiger partial charge in [0.1, 0.15) is 5.82 Å². The largest absolute Gasteiger partial charge is 0.313 e. The van der Waals surface area contributed by atoms with Crippen molar-refractivity contribution in [1.29, 1.82) is 0 Å². The minimum absolute atomic E-state index is 0.155. The van der Waals surface area contributed by atoms with Gasteiger partial charge in [0.2, 0.25) is 0 Å². The summed E-state index contributed by atoms with van der Waals surface area (Å²) in [7, 11) is 0. The van der Waals surface area contributed by atoms with E-state index in [4.69, 9.17) is 0 Å². The van der Waals surface area contributed by atoms with Crippen LogP contribution in [0, 0.1) is 17.7 Å². The molecule has 0 aromatic heterocycles. The summed E-state index contributed by atoms with van der Waals surface area (Å²) in [5, 5.41) is 3.61. The molecule has 0 spiro atoms. The summed E-state index contributed by atoms with van der Waals surface area (Å²) in [5.74, 6) is 1.42. The zero-order chi connectivity index (χ0) is 13.1. The molecule has 1 aliphatic rings. The van der Waals surface area contributed by atoms with E-state index in [1.165, 1.54) is 12.5 Å². The molecule has 1 N–H and O–H groups in total. The standard InChI is InChI=1S/C15H21BrFN/c1-3-4-18-15(14-5-10(14)2)8-11-6-12(16)9-13(17)7-11/h6-7,9-10,14-15,18H,3-5,8H2,1-2H3. The maximum Gasteiger partial charge on any atom is 0.124 e. The SMILES string of the molecule is CCCNC(Cc1cc(F)cc(Br)c1)C1CC1C. The second-order valence-electron chi connectivity index (χ2n) is 5.42. The van der Waals surface area contributed by atoms with Crippen LogP contribution >= 0.6 is 15.9 Å². The first-order chi connectivity index (χ1) is 8.60. The Hall–Kier alpha value is -0.410. The molecular weight excluding hydrogens is 293 g/mol. The van der Waals surface area contributed by atoms with Gasteiger partial charge in [-0.15, -0.1) is 0 Å². The lowest BCUT2D eigenvalue weighted by Crippen LogP contribution is -2.34. The summed E-state index contributed by atoms with van der Waals surface area (Å²) in [6, 6.07) is 5.68. The molecule has 1 saturated carbocycles. The quantitative estimate of drug-likeness (QED) is 0.831. The fraction of sp³-hybridized carbons (Fsp3) is 0.600. The van der Waals surface area contributed by atoms with Gasteiger partial charge in [0.05, 0.1) is 0 Å². The summed E-state index contributed by atoms with van der Waals surface area (Å²) in [5.41, 5.74) is 1.08. The van der Waals surface area contributed by atoms with Crippen LogP contribution in [0.1, 0.15) is 32.3 Å². The molecule has 3 unspecified atom stereocenters. The molecule has 1 nitrogen and oxygen atoms in total. The topological polar surface area (TPSA) is 12.0 Å². The van der Waals surface area contributed by atoms with Crippen LogP contribution in [0.25, 0.3) is 0 Å². The van der Waals surface area contributed by atoms with E-state index in [2.05, 4.69) is 35.1 Å². The molecule has 0 bridgehead atoms. The first-order valence-electron chi connectivity index (χ1n) is 6.78. The van der Waals surface area contributed by atoms with Crippen LogP contribution in [0.5, 0.6) is 0 Å². The van der Waals surface area contributed by atoms with E-state index in [0.717, 1.165) is 41.3 Å². The number of rotatable bonds is 6. The van der Waals surface area contributed by atoms with Gasteiger partial charge in [0.25, 0.3) is 0 Å². The van der Waals surface area contributed by atoms with Gasteiger partial charge in [-0.25, -0.2) is 4.39 Å². The summed E-state index contributed by atoms with van der Waals surface area (Å²) >= 11 is 3.36. The smallest absolute Gasteiger partial charge is 0.124 e. The second kappa shape index (κ2) is 6.16. The molecular formula is C15H21BrFN. The van der Waals surface area contributed by atoms with Gasteiger partial charge < -0.3 is 5.32 Å². The Morgan fingerprint density at radius 3 is 2.72 bits per heavy atom. The highest BCUT2D eigenvalue weighted by atomic mass is 79.9. The van der Waals surface area contributed by atoms with Crippen molar-refractivity contribution in [1.82, 2.24) is 5.32 Å². The number of nitrogens with one attached hydrogen (secondary N) is 1. The van der Waals surface area contributed by atoms with Crippen LogP contribution in [-0.2, 0) is 6.42 Å². The van der Waals surface area contributed by atoms with Crippen molar-refractivity contribution < 1.29 is 4.39 Å². The minimum Gasteiger partial charge on any atom is -0.313 e. The Morgan fingerprint density at radius 1 is 1.44 bits per heavy atom. The van der Waals surface area contributed by atoms with Gasteiger partial charge in [-0.05, 0) is 61.4 Å². The Kier molecular flexibility index (Phi) is 4.79. The van der Waals surface area contributed by atoms with E-state index in [0.29, 0.717) is 6.04 Å². The van der Waals surface area contributed by atoms with Crippen molar-refractivity contribution in [3.63, 3.8) is 0 Å². The summed E-state index contributed by atoms with van der Waals surface area (Å²) in [6.07, 6.45) is 3.37. The van der Waals surface area contributed by atoms with Gasteiger partial charge >= 0.3 is 0 Å². The van der Waals surface area contributed by atoms with Crippen molar-refractivity contribution >= 4 is 15.9 Å². The first-order valence-corrected chi connectivity index (χ1v) is 7.57. The zero-order valence-corrected chi connectivity index (χ0v) is 12.6. The molecule has 2 rings (SSSR count). The van der Waals surface area contributed by atoms with Crippen molar-refractivity contribution in [2.24, 2.45) is 11.8 Å². The summed E-state index contributed by atoms with van der Waals surface area (Å²) in [4.78, 5) is 0. The molecule has 18 heavy (non-hydrogen) atoms. The van der Waals surface area contributed by atoms with Crippen molar-refractivity contribution in [3.8, 4) is 0 Å². The normalized spacial score (nSPS) is 24.0. The van der Waals surface area contributed by atoms with Gasteiger partial charge in [-0.3, -0.25) is 0 Å². The lowest BCUT2D eigenvalue weighted by molar-refractivity contribution is 0.443. The Morgan fingerprint density at radius 2 is 2.17 bits per heavy atom. The fourth-order valence-electron chi connectivity index (χ4n) is 2.60. The van der Waals surface area contributed by atoms with E-state index < -0.39 is 0 Å². The summed E-state index contributed by atoms with van der Waals surface area (Å²) < 4.78 is 14.2. The van der Waals surface area contributed by atoms with Gasteiger partial charge in [-0.2, -0.15) is 0 Å². The van der Waals surface area contributed by atoms with E-state index >= 15 is 0 Å². The van der Waals surface area contributed by atoms with E-state index in [9.17, 15) is 4.39 Å². The van der Waals surface area contributed by atoms with Crippen LogP contribution in [0.4, 0.5) is 4.39 Å². The highest BCUT2D eigenvalue weighted by Crippen LogP contribution is 2.41. The van der Waals surface area contributed by atoms with Gasteiger partial charge in [-0.1, -0.05) is 29.8 Å². The minimum atomic E-state index is -0.155. The van der Waals surface area contributed by atoms with Crippen LogP contribution in [0.15, 0.2) is 22.7 Å². The fourth-order valence-corrected chi connectivity index (χ4v) is 3.11. The number of benzene rings is 1. The molecule has 3 heteroatoms. The molecule has 0 radical (unpaired) electrons. The van der Waals surface area contributed by atoms with Crippen LogP contribution in [0.3, 0.4) is 0 Å². The third-order valence-electron chi connectivity index (χ3n) is 3.72. The van der Waals surface area contributed by atoms with Gasteiger partial charge in [0, 0.05) is 10.5 Å². The second-order valence-corrected chi connectivity index (χ2v) is 6.33. The predicted molar refractivity (Wildman–Crippen MR) is 77.2 cm³/mol. The predicted octanol–water partition coefficient (Wildman–Crippen LogP) is 4.15. The van der Waals surface area contributed by atoms with Crippen LogP contribution in [-0.4, -0.2) is 12.6 Å². The average molecular weight is 314 g/mol. The highest BCUT2D eigenvalue weighted by molar-refractivity contribution is 9.10. The maximum absolute atomic E-state index is 13.4. The average Bonchev–Trinajstić information content (AvgIpc) is 3.00. The molecule has 1 aromatic rings. The molecule has 100 valence electrons. The lowest BCUT2D eigenvalue weighted by Gasteiger charge is -2.19. The monoisotopic (exact) mass is 313 g/mol. The summed E-state index contributed by atoms with van der Waals surface area (Å²) in [6.45, 7) is 5.52. The third-order valence-corrected chi connectivity index (χ3v) is 4.18. The van der Waals surface area contributed by atoms with Crippen LogP contribution in [0.2, 0.25) is 0 Å². The number of halogens is 2. The van der Waals surface area contributed by atoms with E-state index in [1.807, 2.05) is 6.07 Å². The zero-order valence-electron chi connectivity index (χ0n) is 11.0. The van der Waals surface area contributed by atoms with E-state index in [-0.39, 0.29) is 5.82 Å². The third kappa shape index (κ3) is 3.79. The van der Waals surface area contributed by atoms with Crippen molar-refractivity contribution in [2.75, 3.05) is 6.54 Å². The lowest BCUT2D eigenvalue weighted by atomic mass is 10.0. The Labute approximate surface area is 117 Å². The first kappa shape index (κ1) is 14.0. The molecule has 0 heterocycles. The van der Waals surface area contributed by atoms with Crippen molar-refractivity contribution in [3.05, 3.63) is 34.1 Å². The Bertz CT molecular complexity index is 387. The maximum atomic E-state index is 13.4. The highest BCUT2D eigenvalue weighted by Gasteiger charge is 2.38. The molecule has 1 aromatic carbocycles. The molecule has 1 aliphatic carbocycles. The van der Waals surface area contributed by atoms with E-state index in [1.54, 1.807) is 6.07 Å². The number of hydrogen-bond acceptors (Lipinski definition) is 1. The van der Waals surface area contributed by atoms with Crippen LogP contribution < -0.4 is 5.32 Å². The molecule has 3 atom stereocenters. The Balaban J connectivity index is 2.02. The van der Waals surface area contributed by atoms with Gasteiger partial charge in [0.15, 0.2) is 0 Å². The number of hydrogen-bond donors (Lipinski definition) is 1. The van der Waals surface area contributed by atoms with Crippen molar-refractivity contribution in [2.45, 2.75) is 39.2 Å². The molecule has 0 amide bonds. The molecule has 0 saturated heterocycles. The molecule has 1 fully saturated rings. The molecule has 0 aliphatic heterocycles.